The summed E-state index contributed by atoms with van der Waals surface area (Å²) in [4.78, 5) is 3.99. The summed E-state index contributed by atoms with van der Waals surface area (Å²) in [5.41, 5.74) is 2.21. The second-order valence-corrected chi connectivity index (χ2v) is 2.51. The van der Waals surface area contributed by atoms with Crippen LogP contribution in [0, 0.1) is 11.3 Å². The molecule has 0 aliphatic carbocycles. The maximum Gasteiger partial charge on any atom is 0.101 e. The van der Waals surface area contributed by atoms with Gasteiger partial charge in [-0.1, -0.05) is 34.3 Å². The van der Waals surface area contributed by atoms with Crippen molar-refractivity contribution in [3.8, 4) is 6.07 Å². The van der Waals surface area contributed by atoms with Gasteiger partial charge in [0.1, 0.15) is 6.07 Å². The molecular formula is C13H24N2. The Hall–Kier alpha value is -1.36. The van der Waals surface area contributed by atoms with E-state index in [1.54, 1.807) is 6.92 Å². The molecule has 0 fully saturated rings. The van der Waals surface area contributed by atoms with Gasteiger partial charge >= 0.3 is 0 Å². The Kier molecular flexibility index (Phi) is 19.4. The van der Waals surface area contributed by atoms with Crippen molar-refractivity contribution >= 4 is 5.71 Å². The van der Waals surface area contributed by atoms with Crippen LogP contribution in [0.4, 0.5) is 0 Å². The third-order valence-corrected chi connectivity index (χ3v) is 1.03. The molecule has 0 atom stereocenters. The summed E-state index contributed by atoms with van der Waals surface area (Å²) < 4.78 is 0. The molecule has 0 unspecified atom stereocenters. The monoisotopic (exact) mass is 208 g/mol. The van der Waals surface area contributed by atoms with Crippen LogP contribution in [0.1, 0.15) is 48.5 Å². The van der Waals surface area contributed by atoms with Gasteiger partial charge in [-0.15, -0.1) is 0 Å². The van der Waals surface area contributed by atoms with Gasteiger partial charge in [0.2, 0.25) is 0 Å². The average molecular weight is 208 g/mol. The van der Waals surface area contributed by atoms with Crippen LogP contribution in [-0.4, -0.2) is 5.71 Å². The Morgan fingerprint density at radius 2 is 1.53 bits per heavy atom. The van der Waals surface area contributed by atoms with Crippen molar-refractivity contribution in [2.24, 2.45) is 4.99 Å². The van der Waals surface area contributed by atoms with Crippen molar-refractivity contribution in [3.05, 3.63) is 23.9 Å². The predicted octanol–water partition coefficient (Wildman–Crippen LogP) is 4.50. The molecule has 0 aliphatic rings. The second kappa shape index (κ2) is 15.1. The zero-order chi connectivity index (χ0) is 12.9. The summed E-state index contributed by atoms with van der Waals surface area (Å²) in [5.74, 6) is 0. The predicted molar refractivity (Wildman–Crippen MR) is 70.0 cm³/mol. The highest BCUT2D eigenvalue weighted by Crippen LogP contribution is 2.04. The molecule has 0 rings (SSSR count). The van der Waals surface area contributed by atoms with Crippen molar-refractivity contribution in [1.29, 1.82) is 5.26 Å². The van der Waals surface area contributed by atoms with Crippen molar-refractivity contribution in [3.63, 3.8) is 0 Å². The fourth-order valence-electron chi connectivity index (χ4n) is 0.428. The number of hydrogen-bond donors (Lipinski definition) is 0. The van der Waals surface area contributed by atoms with E-state index in [0.717, 1.165) is 11.3 Å². The summed E-state index contributed by atoms with van der Waals surface area (Å²) in [6, 6.07) is 2.01. The summed E-state index contributed by atoms with van der Waals surface area (Å²) in [7, 11) is 0. The molecule has 0 N–H and O–H groups in total. The van der Waals surface area contributed by atoms with Crippen molar-refractivity contribution in [2.75, 3.05) is 0 Å². The SMILES string of the molecule is C=C(C)/C(C#N)=C\N=C(C)C.CC.CC. The maximum atomic E-state index is 8.56. The molecule has 0 bridgehead atoms. The number of aliphatic imine (C=N–C) groups is 1. The van der Waals surface area contributed by atoms with Crippen molar-refractivity contribution < 1.29 is 0 Å². The van der Waals surface area contributed by atoms with Crippen LogP contribution in [0.2, 0.25) is 0 Å². The van der Waals surface area contributed by atoms with Crippen LogP contribution in [0.5, 0.6) is 0 Å². The van der Waals surface area contributed by atoms with Crippen LogP contribution in [0.3, 0.4) is 0 Å². The molecule has 0 aromatic carbocycles. The van der Waals surface area contributed by atoms with Crippen molar-refractivity contribution in [2.45, 2.75) is 48.5 Å². The van der Waals surface area contributed by atoms with E-state index < -0.39 is 0 Å². The largest absolute Gasteiger partial charge is 0.265 e. The first-order valence-corrected chi connectivity index (χ1v) is 5.35. The Bertz CT molecular complexity index is 248. The molecule has 0 heterocycles. The fraction of sp³-hybridized carbons (Fsp3) is 0.538. The minimum absolute atomic E-state index is 0.534. The molecule has 0 radical (unpaired) electrons. The summed E-state index contributed by atoms with van der Waals surface area (Å²) in [6.45, 7) is 17.2. The number of allylic oxidation sites excluding steroid dienone is 2. The quantitative estimate of drug-likeness (QED) is 0.374. The lowest BCUT2D eigenvalue weighted by molar-refractivity contribution is 1.37. The van der Waals surface area contributed by atoms with Gasteiger partial charge in [0, 0.05) is 11.9 Å². The van der Waals surface area contributed by atoms with Gasteiger partial charge in [-0.25, -0.2) is 0 Å². The molecule has 0 aromatic heterocycles. The highest BCUT2D eigenvalue weighted by molar-refractivity contribution is 5.79. The standard InChI is InChI=1S/C9H12N2.2C2H6/c1-7(2)9(5-10)6-11-8(3)4;2*1-2/h6H,1H2,2-4H3;2*1-2H3/b9-6-;;. The third kappa shape index (κ3) is 15.4. The average Bonchev–Trinajstić information content (AvgIpc) is 2.24. The lowest BCUT2D eigenvalue weighted by Gasteiger charge is -1.91. The Balaban J connectivity index is -0.000000318. The van der Waals surface area contributed by atoms with E-state index in [-0.39, 0.29) is 0 Å². The summed E-state index contributed by atoms with van der Waals surface area (Å²) in [5, 5.41) is 8.56. The van der Waals surface area contributed by atoms with Gasteiger partial charge in [0.15, 0.2) is 0 Å². The van der Waals surface area contributed by atoms with Gasteiger partial charge in [-0.2, -0.15) is 5.26 Å². The molecule has 0 aliphatic heterocycles. The Labute approximate surface area is 95.0 Å². The van der Waals surface area contributed by atoms with E-state index in [4.69, 9.17) is 5.26 Å². The Morgan fingerprint density at radius 1 is 1.13 bits per heavy atom. The van der Waals surface area contributed by atoms with E-state index in [1.165, 1.54) is 6.20 Å². The number of nitriles is 1. The van der Waals surface area contributed by atoms with E-state index in [1.807, 2.05) is 47.6 Å². The topological polar surface area (TPSA) is 36.1 Å². The lowest BCUT2D eigenvalue weighted by Crippen LogP contribution is -1.81. The first kappa shape index (κ1) is 19.2. The van der Waals surface area contributed by atoms with E-state index in [0.29, 0.717) is 5.57 Å². The highest BCUT2D eigenvalue weighted by atomic mass is 14.7. The third-order valence-electron chi connectivity index (χ3n) is 1.03. The minimum atomic E-state index is 0.534. The van der Waals surface area contributed by atoms with Crippen LogP contribution in [0.15, 0.2) is 28.9 Å². The Morgan fingerprint density at radius 3 is 1.73 bits per heavy atom. The van der Waals surface area contributed by atoms with Crippen LogP contribution in [0.25, 0.3) is 0 Å². The molecule has 2 heteroatoms. The molecule has 0 amide bonds. The van der Waals surface area contributed by atoms with Crippen molar-refractivity contribution in [1.82, 2.24) is 0 Å². The van der Waals surface area contributed by atoms with Crippen LogP contribution < -0.4 is 0 Å². The highest BCUT2D eigenvalue weighted by Gasteiger charge is 1.92. The number of hydrogen-bond acceptors (Lipinski definition) is 2. The first-order valence-electron chi connectivity index (χ1n) is 5.35. The van der Waals surface area contributed by atoms with E-state index >= 15 is 0 Å². The summed E-state index contributed by atoms with van der Waals surface area (Å²) >= 11 is 0. The van der Waals surface area contributed by atoms with Gasteiger partial charge in [0.05, 0.1) is 5.57 Å². The molecule has 2 nitrogen and oxygen atoms in total. The normalized spacial score (nSPS) is 8.27. The second-order valence-electron chi connectivity index (χ2n) is 2.51. The molecule has 0 aromatic rings. The minimum Gasteiger partial charge on any atom is -0.265 e. The molecule has 0 saturated heterocycles. The fourth-order valence-corrected chi connectivity index (χ4v) is 0.428. The van der Waals surface area contributed by atoms with Crippen LogP contribution >= 0.6 is 0 Å². The summed E-state index contributed by atoms with van der Waals surface area (Å²) in [6.07, 6.45) is 1.54. The van der Waals surface area contributed by atoms with Gasteiger partial charge < -0.3 is 0 Å². The zero-order valence-electron chi connectivity index (χ0n) is 11.2. The number of rotatable bonds is 2. The number of nitrogens with zero attached hydrogens (tertiary/aromatic N) is 2. The zero-order valence-corrected chi connectivity index (χ0v) is 11.2. The molecule has 0 saturated carbocycles. The van der Waals surface area contributed by atoms with Gasteiger partial charge in [-0.05, 0) is 26.3 Å². The lowest BCUT2D eigenvalue weighted by atomic mass is 10.2. The smallest absolute Gasteiger partial charge is 0.101 e. The van der Waals surface area contributed by atoms with Crippen LogP contribution in [-0.2, 0) is 0 Å². The first-order chi connectivity index (χ1) is 7.07. The molecule has 86 valence electrons. The van der Waals surface area contributed by atoms with E-state index in [2.05, 4.69) is 11.6 Å². The van der Waals surface area contributed by atoms with E-state index in [9.17, 15) is 0 Å². The maximum absolute atomic E-state index is 8.56. The van der Waals surface area contributed by atoms with Gasteiger partial charge in [0.25, 0.3) is 0 Å². The molecular weight excluding hydrogens is 184 g/mol. The van der Waals surface area contributed by atoms with Gasteiger partial charge in [-0.3, -0.25) is 4.99 Å². The molecule has 15 heavy (non-hydrogen) atoms. The molecule has 0 spiro atoms.